The molecule has 7 nitrogen and oxygen atoms in total. The third-order valence-electron chi connectivity index (χ3n) is 4.11. The minimum Gasteiger partial charge on any atom is -0.379 e. The van der Waals surface area contributed by atoms with Gasteiger partial charge in [-0.3, -0.25) is 9.69 Å². The molecule has 0 aromatic carbocycles. The van der Waals surface area contributed by atoms with Crippen molar-refractivity contribution >= 4 is 28.5 Å². The van der Waals surface area contributed by atoms with Gasteiger partial charge in [0.05, 0.1) is 30.6 Å². The van der Waals surface area contributed by atoms with Crippen molar-refractivity contribution in [2.45, 2.75) is 18.9 Å². The van der Waals surface area contributed by atoms with Crippen molar-refractivity contribution in [3.05, 3.63) is 11.9 Å². The average Bonchev–Trinajstić information content (AvgIpc) is 3.17. The molecule has 118 valence electrons. The lowest BCUT2D eigenvalue weighted by atomic mass is 10.1. The fourth-order valence-electron chi connectivity index (χ4n) is 2.99. The standard InChI is InChI=1S/C14H19N5O2S/c20-12-8-10(9-18-3-5-21-6-4-18)15-14-16-13(17-19(12)14)11-2-1-7-22-11/h2,10H,1,3-9H2,(H,15,16,17). The third kappa shape index (κ3) is 2.78. The van der Waals surface area contributed by atoms with E-state index in [9.17, 15) is 4.79 Å². The van der Waals surface area contributed by atoms with Gasteiger partial charge in [-0.25, -0.2) is 0 Å². The predicted octanol–water partition coefficient (Wildman–Crippen LogP) is 0.913. The summed E-state index contributed by atoms with van der Waals surface area (Å²) >= 11 is 1.75. The molecule has 0 spiro atoms. The van der Waals surface area contributed by atoms with E-state index in [2.05, 4.69) is 26.4 Å². The highest BCUT2D eigenvalue weighted by atomic mass is 32.2. The summed E-state index contributed by atoms with van der Waals surface area (Å²) in [7, 11) is 0. The molecule has 8 heteroatoms. The number of nitrogens with one attached hydrogen (secondary N) is 1. The molecule has 1 aromatic rings. The summed E-state index contributed by atoms with van der Waals surface area (Å²) in [6, 6.07) is 0.0976. The highest BCUT2D eigenvalue weighted by Crippen LogP contribution is 2.33. The van der Waals surface area contributed by atoms with Crippen molar-refractivity contribution < 1.29 is 9.53 Å². The molecule has 0 saturated carbocycles. The number of hydrogen-bond acceptors (Lipinski definition) is 7. The molecule has 0 amide bonds. The Balaban J connectivity index is 1.48. The Bertz CT molecular complexity index is 608. The Morgan fingerprint density at radius 1 is 1.41 bits per heavy atom. The van der Waals surface area contributed by atoms with Crippen molar-refractivity contribution in [1.29, 1.82) is 0 Å². The van der Waals surface area contributed by atoms with Crippen LogP contribution in [0.5, 0.6) is 0 Å². The average molecular weight is 321 g/mol. The molecule has 1 saturated heterocycles. The second kappa shape index (κ2) is 6.02. The van der Waals surface area contributed by atoms with Crippen molar-refractivity contribution in [2.75, 3.05) is 43.9 Å². The van der Waals surface area contributed by atoms with Gasteiger partial charge in [0.15, 0.2) is 5.82 Å². The van der Waals surface area contributed by atoms with E-state index in [1.807, 2.05) is 0 Å². The maximum absolute atomic E-state index is 12.3. The van der Waals surface area contributed by atoms with Gasteiger partial charge in [0.2, 0.25) is 5.95 Å². The van der Waals surface area contributed by atoms with Crippen LogP contribution in [0.3, 0.4) is 0 Å². The first-order chi connectivity index (χ1) is 10.8. The number of rotatable bonds is 3. The van der Waals surface area contributed by atoms with Gasteiger partial charge in [0.1, 0.15) is 0 Å². The third-order valence-corrected chi connectivity index (χ3v) is 5.21. The summed E-state index contributed by atoms with van der Waals surface area (Å²) in [5, 5.41) is 7.73. The number of thioether (sulfide) groups is 1. The van der Waals surface area contributed by atoms with E-state index < -0.39 is 0 Å². The van der Waals surface area contributed by atoms with Gasteiger partial charge in [-0.1, -0.05) is 6.08 Å². The Morgan fingerprint density at radius 2 is 2.27 bits per heavy atom. The molecule has 1 N–H and O–H groups in total. The fraction of sp³-hybridized carbons (Fsp3) is 0.643. The lowest BCUT2D eigenvalue weighted by molar-refractivity contribution is 0.0352. The zero-order valence-electron chi connectivity index (χ0n) is 12.3. The molecule has 0 radical (unpaired) electrons. The van der Waals surface area contributed by atoms with E-state index in [0.717, 1.165) is 49.9 Å². The Morgan fingerprint density at radius 3 is 3.05 bits per heavy atom. The molecule has 3 aliphatic heterocycles. The molecule has 0 bridgehead atoms. The van der Waals surface area contributed by atoms with Crippen LogP contribution in [0.4, 0.5) is 5.95 Å². The minimum absolute atomic E-state index is 0.0226. The molecule has 3 aliphatic rings. The molecule has 4 heterocycles. The topological polar surface area (TPSA) is 72.3 Å². The molecule has 22 heavy (non-hydrogen) atoms. The smallest absolute Gasteiger partial charge is 0.252 e. The van der Waals surface area contributed by atoms with Crippen molar-refractivity contribution in [1.82, 2.24) is 19.7 Å². The van der Waals surface area contributed by atoms with Gasteiger partial charge in [-0.05, 0) is 6.42 Å². The van der Waals surface area contributed by atoms with Crippen LogP contribution < -0.4 is 5.32 Å². The van der Waals surface area contributed by atoms with Crippen LogP contribution in [0.2, 0.25) is 0 Å². The van der Waals surface area contributed by atoms with Crippen LogP contribution in [0, 0.1) is 0 Å². The molecule has 1 aromatic heterocycles. The zero-order valence-corrected chi connectivity index (χ0v) is 13.1. The van der Waals surface area contributed by atoms with Gasteiger partial charge in [-0.2, -0.15) is 9.67 Å². The molecule has 1 fully saturated rings. The lowest BCUT2D eigenvalue weighted by Crippen LogP contribution is -2.46. The number of aromatic nitrogens is 3. The van der Waals surface area contributed by atoms with Gasteiger partial charge >= 0.3 is 0 Å². The predicted molar refractivity (Wildman–Crippen MR) is 85.0 cm³/mol. The first kappa shape index (κ1) is 14.2. The quantitative estimate of drug-likeness (QED) is 0.887. The normalized spacial score (nSPS) is 25.7. The fourth-order valence-corrected chi connectivity index (χ4v) is 3.90. The number of hydrogen-bond donors (Lipinski definition) is 1. The molecule has 4 rings (SSSR count). The van der Waals surface area contributed by atoms with E-state index in [0.29, 0.717) is 18.2 Å². The van der Waals surface area contributed by atoms with Crippen LogP contribution in [0.1, 0.15) is 23.5 Å². The molecule has 1 unspecified atom stereocenters. The number of allylic oxidation sites excluding steroid dienone is 1. The van der Waals surface area contributed by atoms with E-state index in [-0.39, 0.29) is 11.9 Å². The van der Waals surface area contributed by atoms with Crippen LogP contribution >= 0.6 is 11.8 Å². The van der Waals surface area contributed by atoms with Crippen molar-refractivity contribution in [3.8, 4) is 0 Å². The number of morpholine rings is 1. The first-order valence-electron chi connectivity index (χ1n) is 7.70. The maximum atomic E-state index is 12.3. The molecule has 1 atom stereocenters. The summed E-state index contributed by atoms with van der Waals surface area (Å²) in [6.07, 6.45) is 3.64. The summed E-state index contributed by atoms with van der Waals surface area (Å²) in [4.78, 5) is 20.2. The largest absolute Gasteiger partial charge is 0.379 e. The van der Waals surface area contributed by atoms with Gasteiger partial charge in [-0.15, -0.1) is 16.9 Å². The Kier molecular flexibility index (Phi) is 3.89. The summed E-state index contributed by atoms with van der Waals surface area (Å²) in [5.41, 5.74) is 0. The number of anilines is 1. The minimum atomic E-state index is 0.0226. The van der Waals surface area contributed by atoms with E-state index in [1.54, 1.807) is 11.8 Å². The first-order valence-corrected chi connectivity index (χ1v) is 8.68. The molecular formula is C14H19N5O2S. The summed E-state index contributed by atoms with van der Waals surface area (Å²) in [6.45, 7) is 4.23. The number of ether oxygens (including phenoxy) is 1. The number of nitrogens with zero attached hydrogens (tertiary/aromatic N) is 4. The second-order valence-corrected chi connectivity index (χ2v) is 6.87. The molecule has 0 aliphatic carbocycles. The van der Waals surface area contributed by atoms with E-state index in [1.165, 1.54) is 4.68 Å². The van der Waals surface area contributed by atoms with E-state index >= 15 is 0 Å². The lowest BCUT2D eigenvalue weighted by Gasteiger charge is -2.32. The van der Waals surface area contributed by atoms with Crippen LogP contribution in [0.25, 0.3) is 4.91 Å². The van der Waals surface area contributed by atoms with Crippen LogP contribution in [0.15, 0.2) is 6.08 Å². The highest BCUT2D eigenvalue weighted by Gasteiger charge is 2.30. The van der Waals surface area contributed by atoms with Crippen LogP contribution in [-0.2, 0) is 4.74 Å². The summed E-state index contributed by atoms with van der Waals surface area (Å²) < 4.78 is 6.78. The SMILES string of the molecule is O=C1CC(CN2CCOCC2)Nc2nc(C3=CCCS3)nn21. The maximum Gasteiger partial charge on any atom is 0.252 e. The van der Waals surface area contributed by atoms with Gasteiger partial charge in [0.25, 0.3) is 5.91 Å². The van der Waals surface area contributed by atoms with Gasteiger partial charge < -0.3 is 10.1 Å². The second-order valence-electron chi connectivity index (χ2n) is 5.73. The highest BCUT2D eigenvalue weighted by molar-refractivity contribution is 8.08. The number of carbonyl (C=O) groups is 1. The van der Waals surface area contributed by atoms with Crippen molar-refractivity contribution in [3.63, 3.8) is 0 Å². The monoisotopic (exact) mass is 321 g/mol. The van der Waals surface area contributed by atoms with Crippen LogP contribution in [-0.4, -0.2) is 70.2 Å². The van der Waals surface area contributed by atoms with Crippen molar-refractivity contribution in [2.24, 2.45) is 0 Å². The Labute approximate surface area is 133 Å². The summed E-state index contributed by atoms with van der Waals surface area (Å²) in [5.74, 6) is 2.35. The van der Waals surface area contributed by atoms with E-state index in [4.69, 9.17) is 4.74 Å². The number of fused-ring (bicyclic) bond motifs is 1. The number of carbonyl (C=O) groups excluding carboxylic acids is 1. The zero-order chi connectivity index (χ0) is 14.9. The Hall–Kier alpha value is -1.38. The molecular weight excluding hydrogens is 302 g/mol. The van der Waals surface area contributed by atoms with Gasteiger partial charge in [0, 0.05) is 25.4 Å².